The van der Waals surface area contributed by atoms with Crippen molar-refractivity contribution >= 4 is 14.6 Å². The van der Waals surface area contributed by atoms with E-state index in [0.29, 0.717) is 18.1 Å². The second-order valence-electron chi connectivity index (χ2n) is 6.71. The van der Waals surface area contributed by atoms with Crippen molar-refractivity contribution in [2.24, 2.45) is 5.92 Å². The smallest absolute Gasteiger partial charge is 0.192 e. The lowest BCUT2D eigenvalue weighted by atomic mass is 9.99. The first-order valence-electron chi connectivity index (χ1n) is 7.14. The lowest BCUT2D eigenvalue weighted by Gasteiger charge is -2.43. The van der Waals surface area contributed by atoms with Crippen molar-refractivity contribution in [1.82, 2.24) is 0 Å². The maximum Gasteiger partial charge on any atom is 0.192 e. The lowest BCUT2D eigenvalue weighted by Crippen LogP contribution is -2.46. The van der Waals surface area contributed by atoms with Crippen LogP contribution in [0.1, 0.15) is 27.7 Å². The van der Waals surface area contributed by atoms with Crippen molar-refractivity contribution in [2.45, 2.75) is 58.2 Å². The number of ether oxygens (including phenoxy) is 2. The van der Waals surface area contributed by atoms with Crippen LogP contribution >= 0.6 is 0 Å². The van der Waals surface area contributed by atoms with E-state index >= 15 is 0 Å². The van der Waals surface area contributed by atoms with Gasteiger partial charge >= 0.3 is 0 Å². The molecule has 0 amide bonds. The highest BCUT2D eigenvalue weighted by Crippen LogP contribution is 2.44. The van der Waals surface area contributed by atoms with Gasteiger partial charge in [-0.05, 0) is 30.1 Å². The van der Waals surface area contributed by atoms with Crippen LogP contribution < -0.4 is 0 Å². The second-order valence-corrected chi connectivity index (χ2v) is 11.3. The van der Waals surface area contributed by atoms with Gasteiger partial charge in [-0.1, -0.05) is 27.7 Å². The minimum absolute atomic E-state index is 0.150. The van der Waals surface area contributed by atoms with Gasteiger partial charge in [-0.15, -0.1) is 0 Å². The molecule has 1 aliphatic heterocycles. The van der Waals surface area contributed by atoms with Crippen molar-refractivity contribution < 1.29 is 18.7 Å². The van der Waals surface area contributed by atoms with Crippen LogP contribution in [0.5, 0.6) is 0 Å². The number of rotatable bonds is 7. The van der Waals surface area contributed by atoms with Gasteiger partial charge in [0.15, 0.2) is 14.6 Å². The van der Waals surface area contributed by atoms with Gasteiger partial charge in [-0.3, -0.25) is 4.79 Å². The summed E-state index contributed by atoms with van der Waals surface area (Å²) in [7, 11) is -0.337. The normalized spacial score (nSPS) is 24.1. The molecule has 0 aromatic carbocycles. The zero-order chi connectivity index (χ0) is 15.6. The molecule has 5 heteroatoms. The summed E-state index contributed by atoms with van der Waals surface area (Å²) in [5, 5.41) is 0.150. The van der Waals surface area contributed by atoms with Crippen molar-refractivity contribution in [3.8, 4) is 0 Å². The summed E-state index contributed by atoms with van der Waals surface area (Å²) in [6.45, 7) is 13.8. The van der Waals surface area contributed by atoms with Crippen LogP contribution in [0.2, 0.25) is 18.1 Å². The van der Waals surface area contributed by atoms with E-state index in [1.807, 2.05) is 0 Å². The highest BCUT2D eigenvalue weighted by molar-refractivity contribution is 6.74. The first-order valence-corrected chi connectivity index (χ1v) is 10.1. The molecule has 0 spiro atoms. The summed E-state index contributed by atoms with van der Waals surface area (Å²) in [6.07, 6.45) is 1.79. The number of methoxy groups -OCH3 is 1. The van der Waals surface area contributed by atoms with E-state index in [1.165, 1.54) is 0 Å². The molecule has 0 aliphatic carbocycles. The molecule has 0 unspecified atom stereocenters. The molecule has 0 saturated carbocycles. The average Bonchev–Trinajstić information content (AvgIpc) is 2.78. The molecule has 0 radical (unpaired) electrons. The predicted octanol–water partition coefficient (Wildman–Crippen LogP) is 3.14. The third-order valence-corrected chi connectivity index (χ3v) is 9.53. The van der Waals surface area contributed by atoms with E-state index in [4.69, 9.17) is 13.9 Å². The van der Waals surface area contributed by atoms with Gasteiger partial charge in [0.1, 0.15) is 12.4 Å². The van der Waals surface area contributed by atoms with E-state index in [1.54, 1.807) is 13.2 Å². The molecule has 0 fully saturated rings. The average molecular weight is 300 g/mol. The largest absolute Gasteiger partial charge is 0.414 e. The van der Waals surface area contributed by atoms with Gasteiger partial charge in [-0.2, -0.15) is 0 Å². The summed E-state index contributed by atoms with van der Waals surface area (Å²) in [5.41, 5.74) is 0.615. The van der Waals surface area contributed by atoms with E-state index < -0.39 is 14.6 Å². The minimum atomic E-state index is -1.90. The zero-order valence-electron chi connectivity index (χ0n) is 13.7. The standard InChI is InChI=1S/C15H28O4Si/c1-11(2)15(3,4)20(6,7)18-10-13-12(9-16)8-14(17-5)19-13/h8-9,11,13-14H,10H2,1-7H3/t13-,14+/m1/s1. The highest BCUT2D eigenvalue weighted by Gasteiger charge is 2.44. The molecule has 116 valence electrons. The lowest BCUT2D eigenvalue weighted by molar-refractivity contribution is -0.114. The van der Waals surface area contributed by atoms with Crippen LogP contribution in [0.4, 0.5) is 0 Å². The molecule has 0 bridgehead atoms. The van der Waals surface area contributed by atoms with Crippen LogP contribution in [0.25, 0.3) is 0 Å². The first kappa shape index (κ1) is 17.6. The Labute approximate surface area is 123 Å². The molecule has 0 saturated heterocycles. The number of hydrogen-bond acceptors (Lipinski definition) is 4. The number of aldehydes is 1. The molecular weight excluding hydrogens is 272 g/mol. The van der Waals surface area contributed by atoms with Crippen molar-refractivity contribution in [2.75, 3.05) is 13.7 Å². The predicted molar refractivity (Wildman–Crippen MR) is 82.1 cm³/mol. The Morgan fingerprint density at radius 1 is 1.45 bits per heavy atom. The summed E-state index contributed by atoms with van der Waals surface area (Å²) < 4.78 is 17.0. The molecule has 20 heavy (non-hydrogen) atoms. The van der Waals surface area contributed by atoms with Crippen LogP contribution in [0.3, 0.4) is 0 Å². The summed E-state index contributed by atoms with van der Waals surface area (Å²) >= 11 is 0. The van der Waals surface area contributed by atoms with Gasteiger partial charge < -0.3 is 13.9 Å². The molecule has 2 atom stereocenters. The Morgan fingerprint density at radius 3 is 2.50 bits per heavy atom. The number of carbonyl (C=O) groups is 1. The monoisotopic (exact) mass is 300 g/mol. The highest BCUT2D eigenvalue weighted by atomic mass is 28.4. The molecule has 0 aromatic heterocycles. The zero-order valence-corrected chi connectivity index (χ0v) is 14.7. The quantitative estimate of drug-likeness (QED) is 0.535. The number of carbonyl (C=O) groups excluding carboxylic acids is 1. The molecule has 1 aliphatic rings. The van der Waals surface area contributed by atoms with Gasteiger partial charge in [0.2, 0.25) is 0 Å². The molecular formula is C15H28O4Si. The molecule has 0 N–H and O–H groups in total. The fraction of sp³-hybridized carbons (Fsp3) is 0.800. The molecule has 1 rings (SSSR count). The minimum Gasteiger partial charge on any atom is -0.414 e. The van der Waals surface area contributed by atoms with Gasteiger partial charge in [0.05, 0.1) is 6.61 Å². The Bertz CT molecular complexity index is 374. The van der Waals surface area contributed by atoms with Crippen LogP contribution in [0.15, 0.2) is 11.6 Å². The van der Waals surface area contributed by atoms with E-state index in [-0.39, 0.29) is 11.1 Å². The van der Waals surface area contributed by atoms with Gasteiger partial charge in [-0.25, -0.2) is 0 Å². The third kappa shape index (κ3) is 3.58. The van der Waals surface area contributed by atoms with Crippen molar-refractivity contribution in [3.05, 3.63) is 11.6 Å². The topological polar surface area (TPSA) is 44.8 Å². The van der Waals surface area contributed by atoms with E-state index in [9.17, 15) is 4.79 Å². The number of hydrogen-bond donors (Lipinski definition) is 0. The first-order chi connectivity index (χ1) is 9.15. The van der Waals surface area contributed by atoms with Crippen molar-refractivity contribution in [1.29, 1.82) is 0 Å². The second kappa shape index (κ2) is 6.51. The molecule has 1 heterocycles. The fourth-order valence-corrected chi connectivity index (χ4v) is 4.41. The maximum absolute atomic E-state index is 11.1. The summed E-state index contributed by atoms with van der Waals surface area (Å²) in [4.78, 5) is 11.1. The van der Waals surface area contributed by atoms with Gasteiger partial charge in [0.25, 0.3) is 0 Å². The molecule has 4 nitrogen and oxygen atoms in total. The van der Waals surface area contributed by atoms with Gasteiger partial charge in [0, 0.05) is 12.7 Å². The summed E-state index contributed by atoms with van der Waals surface area (Å²) in [5.74, 6) is 0.543. The van der Waals surface area contributed by atoms with Crippen LogP contribution in [0, 0.1) is 5.92 Å². The Morgan fingerprint density at radius 2 is 2.05 bits per heavy atom. The Kier molecular flexibility index (Phi) is 5.72. The Hall–Kier alpha value is -0.493. The van der Waals surface area contributed by atoms with E-state index in [0.717, 1.165) is 6.29 Å². The fourth-order valence-electron chi connectivity index (χ4n) is 2.08. The van der Waals surface area contributed by atoms with Crippen molar-refractivity contribution in [3.63, 3.8) is 0 Å². The third-order valence-electron chi connectivity index (χ3n) is 4.96. The maximum atomic E-state index is 11.1. The molecule has 0 aromatic rings. The van der Waals surface area contributed by atoms with Crippen LogP contribution in [-0.4, -0.2) is 40.7 Å². The SMILES string of the molecule is CO[C@@H]1C=C(C=O)[C@@H](CO[Si](C)(C)C(C)(C)C(C)C)O1. The van der Waals surface area contributed by atoms with Crippen LogP contribution in [-0.2, 0) is 18.7 Å². The summed E-state index contributed by atoms with van der Waals surface area (Å²) in [6, 6.07) is 0. The van der Waals surface area contributed by atoms with E-state index in [2.05, 4.69) is 40.8 Å². The Balaban J connectivity index is 2.68.